The molecule has 11 heteroatoms. The van der Waals surface area contributed by atoms with Crippen LogP contribution in [0.25, 0.3) is 10.2 Å². The van der Waals surface area contributed by atoms with Crippen LogP contribution < -0.4 is 10.5 Å². The molecule has 2 N–H and O–H groups in total. The molecule has 164 valence electrons. The summed E-state index contributed by atoms with van der Waals surface area (Å²) in [6, 6.07) is 7.62. The normalized spacial score (nSPS) is 12.6. The zero-order valence-corrected chi connectivity index (χ0v) is 20.1. The van der Waals surface area contributed by atoms with E-state index >= 15 is 0 Å². The number of oxime groups is 1. The average Bonchev–Trinajstić information content (AvgIpc) is 3.25. The summed E-state index contributed by atoms with van der Waals surface area (Å²) < 4.78 is 12.1. The standard InChI is InChI=1S/C20H22N4O4S3/c1-19(2,3)27-16(25)20(4,5)28-24-14(12-10-30-17(21)22-12)15(29)26-18-23-11-8-6-7-9-13(11)31-18/h6-10H,1-5H3,(H2,21,22)/b24-14+. The van der Waals surface area contributed by atoms with Gasteiger partial charge in [-0.05, 0) is 59.0 Å². The van der Waals surface area contributed by atoms with E-state index in [1.54, 1.807) is 40.0 Å². The predicted molar refractivity (Wildman–Crippen MR) is 127 cm³/mol. The number of anilines is 1. The van der Waals surface area contributed by atoms with Gasteiger partial charge >= 0.3 is 5.97 Å². The van der Waals surface area contributed by atoms with Crippen LogP contribution in [0, 0.1) is 0 Å². The first kappa shape index (κ1) is 23.0. The van der Waals surface area contributed by atoms with Gasteiger partial charge in [0.1, 0.15) is 11.3 Å². The van der Waals surface area contributed by atoms with Gasteiger partial charge in [0.05, 0.1) is 10.2 Å². The zero-order valence-electron chi connectivity index (χ0n) is 17.7. The Morgan fingerprint density at radius 2 is 1.87 bits per heavy atom. The molecule has 0 saturated carbocycles. The number of nitrogen functional groups attached to an aromatic ring is 1. The van der Waals surface area contributed by atoms with Gasteiger partial charge in [0.2, 0.25) is 10.7 Å². The van der Waals surface area contributed by atoms with Gasteiger partial charge < -0.3 is 20.0 Å². The Labute approximate surface area is 193 Å². The summed E-state index contributed by atoms with van der Waals surface area (Å²) in [4.78, 5) is 26.6. The van der Waals surface area contributed by atoms with Crippen molar-refractivity contribution in [2.24, 2.45) is 5.16 Å². The minimum absolute atomic E-state index is 0.00987. The molecule has 8 nitrogen and oxygen atoms in total. The molecule has 0 bridgehead atoms. The molecule has 0 radical (unpaired) electrons. The van der Waals surface area contributed by atoms with E-state index in [-0.39, 0.29) is 10.8 Å². The molecule has 0 spiro atoms. The van der Waals surface area contributed by atoms with E-state index in [1.165, 1.54) is 22.7 Å². The average molecular weight is 479 g/mol. The SMILES string of the molecule is CC(C)(C)OC(=O)C(C)(C)O/N=C(/C(=S)Oc1nc2ccccc2s1)c1csc(N)n1. The third-order valence-electron chi connectivity index (χ3n) is 3.67. The van der Waals surface area contributed by atoms with Crippen molar-refractivity contribution in [3.63, 3.8) is 0 Å². The van der Waals surface area contributed by atoms with E-state index in [1.807, 2.05) is 24.3 Å². The lowest BCUT2D eigenvalue weighted by Gasteiger charge is -2.26. The van der Waals surface area contributed by atoms with Crippen molar-refractivity contribution >= 4 is 67.0 Å². The Morgan fingerprint density at radius 1 is 1.16 bits per heavy atom. The maximum Gasteiger partial charge on any atom is 0.353 e. The molecule has 0 aliphatic rings. The molecular weight excluding hydrogens is 456 g/mol. The molecule has 0 atom stereocenters. The lowest BCUT2D eigenvalue weighted by atomic mass is 10.1. The van der Waals surface area contributed by atoms with Crippen LogP contribution in [0.3, 0.4) is 0 Å². The number of thiocarbonyl (C=S) groups is 1. The minimum atomic E-state index is -1.37. The first-order chi connectivity index (χ1) is 14.4. The number of carbonyl (C=O) groups is 1. The number of carbonyl (C=O) groups excluding carboxylic acids is 1. The highest BCUT2D eigenvalue weighted by Gasteiger charge is 2.36. The predicted octanol–water partition coefficient (Wildman–Crippen LogP) is 4.58. The van der Waals surface area contributed by atoms with Crippen molar-refractivity contribution in [3.05, 3.63) is 35.3 Å². The quantitative estimate of drug-likeness (QED) is 0.237. The van der Waals surface area contributed by atoms with Gasteiger partial charge in [0.25, 0.3) is 5.19 Å². The Morgan fingerprint density at radius 3 is 2.48 bits per heavy atom. The van der Waals surface area contributed by atoms with Crippen LogP contribution in [0.4, 0.5) is 5.13 Å². The molecular formula is C20H22N4O4S3. The summed E-state index contributed by atoms with van der Waals surface area (Å²) in [6.45, 7) is 8.42. The van der Waals surface area contributed by atoms with Crippen LogP contribution in [0.15, 0.2) is 34.8 Å². The molecule has 2 heterocycles. The fourth-order valence-corrected chi connectivity index (χ4v) is 3.85. The van der Waals surface area contributed by atoms with Gasteiger partial charge in [-0.2, -0.15) is 0 Å². The molecule has 3 rings (SSSR count). The van der Waals surface area contributed by atoms with Gasteiger partial charge in [-0.25, -0.2) is 14.8 Å². The number of aromatic nitrogens is 2. The van der Waals surface area contributed by atoms with Crippen molar-refractivity contribution in [2.75, 3.05) is 5.73 Å². The molecule has 0 saturated heterocycles. The number of nitrogens with zero attached hydrogens (tertiary/aromatic N) is 3. The maximum atomic E-state index is 12.5. The Balaban J connectivity index is 1.85. The van der Waals surface area contributed by atoms with Gasteiger partial charge in [-0.15, -0.1) is 11.3 Å². The first-order valence-electron chi connectivity index (χ1n) is 9.23. The van der Waals surface area contributed by atoms with Crippen LogP contribution in [0.5, 0.6) is 5.19 Å². The molecule has 0 fully saturated rings. The van der Waals surface area contributed by atoms with Gasteiger partial charge in [0, 0.05) is 5.38 Å². The second-order valence-corrected chi connectivity index (χ2v) is 10.2. The number of ether oxygens (including phenoxy) is 2. The number of nitrogens with two attached hydrogens (primary N) is 1. The molecule has 0 amide bonds. The lowest BCUT2D eigenvalue weighted by molar-refractivity contribution is -0.179. The van der Waals surface area contributed by atoms with Gasteiger partial charge in [0.15, 0.2) is 10.8 Å². The number of rotatable bonds is 6. The summed E-state index contributed by atoms with van der Waals surface area (Å²) in [6.07, 6.45) is 0. The topological polar surface area (TPSA) is 109 Å². The van der Waals surface area contributed by atoms with E-state index in [0.29, 0.717) is 16.0 Å². The maximum absolute atomic E-state index is 12.5. The molecule has 31 heavy (non-hydrogen) atoms. The molecule has 0 aliphatic heterocycles. The summed E-state index contributed by atoms with van der Waals surface area (Å²) in [5, 5.41) is 6.44. The Bertz CT molecular complexity index is 1110. The van der Waals surface area contributed by atoms with Crippen molar-refractivity contribution in [1.82, 2.24) is 9.97 Å². The number of fused-ring (bicyclic) bond motifs is 1. The lowest BCUT2D eigenvalue weighted by Crippen LogP contribution is -2.40. The number of hydrogen-bond donors (Lipinski definition) is 1. The van der Waals surface area contributed by atoms with Crippen LogP contribution in [0.1, 0.15) is 40.3 Å². The second-order valence-electron chi connectivity index (χ2n) is 7.95. The molecule has 1 aromatic carbocycles. The van der Waals surface area contributed by atoms with Crippen LogP contribution in [-0.4, -0.2) is 37.9 Å². The highest BCUT2D eigenvalue weighted by atomic mass is 32.1. The highest BCUT2D eigenvalue weighted by molar-refractivity contribution is 7.81. The number of thiazole rings is 2. The third kappa shape index (κ3) is 5.96. The van der Waals surface area contributed by atoms with Crippen LogP contribution in [-0.2, 0) is 14.4 Å². The van der Waals surface area contributed by atoms with Crippen molar-refractivity contribution in [2.45, 2.75) is 45.8 Å². The fourth-order valence-electron chi connectivity index (χ4n) is 2.21. The molecule has 0 unspecified atom stereocenters. The smallest absolute Gasteiger partial charge is 0.353 e. The van der Waals surface area contributed by atoms with Gasteiger partial charge in [-0.1, -0.05) is 28.6 Å². The number of para-hydroxylation sites is 1. The summed E-state index contributed by atoms with van der Waals surface area (Å²) in [5.41, 5.74) is 5.01. The van der Waals surface area contributed by atoms with Gasteiger partial charge in [-0.3, -0.25) is 0 Å². The molecule has 3 aromatic rings. The van der Waals surface area contributed by atoms with E-state index in [2.05, 4.69) is 15.1 Å². The minimum Gasteiger partial charge on any atom is -0.457 e. The van der Waals surface area contributed by atoms with E-state index in [4.69, 9.17) is 32.3 Å². The van der Waals surface area contributed by atoms with Crippen LogP contribution >= 0.6 is 34.9 Å². The van der Waals surface area contributed by atoms with E-state index in [0.717, 1.165) is 10.2 Å². The second kappa shape index (κ2) is 8.85. The number of benzene rings is 1. The third-order valence-corrected chi connectivity index (χ3v) is 5.53. The summed E-state index contributed by atoms with van der Waals surface area (Å²) in [5.74, 6) is -0.570. The summed E-state index contributed by atoms with van der Waals surface area (Å²) in [7, 11) is 0. The highest BCUT2D eigenvalue weighted by Crippen LogP contribution is 2.28. The Hall–Kier alpha value is -2.63. The number of hydrogen-bond acceptors (Lipinski definition) is 11. The van der Waals surface area contributed by atoms with E-state index in [9.17, 15) is 4.79 Å². The number of esters is 1. The molecule has 2 aromatic heterocycles. The molecule has 0 aliphatic carbocycles. The van der Waals surface area contributed by atoms with Crippen LogP contribution in [0.2, 0.25) is 0 Å². The van der Waals surface area contributed by atoms with E-state index < -0.39 is 17.2 Å². The van der Waals surface area contributed by atoms with Crippen molar-refractivity contribution in [3.8, 4) is 5.19 Å². The summed E-state index contributed by atoms with van der Waals surface area (Å²) >= 11 is 8.00. The van der Waals surface area contributed by atoms with Crippen molar-refractivity contribution in [1.29, 1.82) is 0 Å². The largest absolute Gasteiger partial charge is 0.457 e. The van der Waals surface area contributed by atoms with Crippen molar-refractivity contribution < 1.29 is 19.1 Å². The fraction of sp³-hybridized carbons (Fsp3) is 0.350. The Kier molecular flexibility index (Phi) is 6.58. The first-order valence-corrected chi connectivity index (χ1v) is 11.3. The monoisotopic (exact) mass is 478 g/mol. The zero-order chi connectivity index (χ0) is 22.8.